The molecule has 1 rings (SSSR count). The number of hydrogen-bond acceptors (Lipinski definition) is 5. The maximum atomic E-state index is 11.7. The zero-order valence-electron chi connectivity index (χ0n) is 10.2. The van der Waals surface area contributed by atoms with Crippen molar-refractivity contribution in [2.24, 2.45) is 0 Å². The summed E-state index contributed by atoms with van der Waals surface area (Å²) in [5.74, 6) is 0.530. The summed E-state index contributed by atoms with van der Waals surface area (Å²) in [6.45, 7) is 1.77. The monoisotopic (exact) mass is 274 g/mol. The highest BCUT2D eigenvalue weighted by atomic mass is 35.5. The summed E-state index contributed by atoms with van der Waals surface area (Å²) in [5.41, 5.74) is 0. The molecule has 1 N–H and O–H groups in total. The predicted molar refractivity (Wildman–Crippen MR) is 70.6 cm³/mol. The van der Waals surface area contributed by atoms with E-state index in [0.717, 1.165) is 0 Å². The van der Waals surface area contributed by atoms with E-state index in [9.17, 15) is 4.79 Å². The van der Waals surface area contributed by atoms with Crippen LogP contribution in [0.25, 0.3) is 0 Å². The molecule has 1 unspecified atom stereocenters. The average molecular weight is 275 g/mol. The van der Waals surface area contributed by atoms with E-state index in [4.69, 9.17) is 11.6 Å². The van der Waals surface area contributed by atoms with Crippen LogP contribution in [0.4, 0.5) is 5.82 Å². The van der Waals surface area contributed by atoms with Crippen LogP contribution in [0.1, 0.15) is 6.92 Å². The minimum Gasteiger partial charge on any atom is -0.358 e. The Balaban J connectivity index is 2.81. The maximum Gasteiger partial charge on any atom is 0.244 e. The molecule has 0 aliphatic rings. The second kappa shape index (κ2) is 6.07. The van der Waals surface area contributed by atoms with E-state index in [-0.39, 0.29) is 11.9 Å². The average Bonchev–Trinajstić information content (AvgIpc) is 2.26. The van der Waals surface area contributed by atoms with Crippen molar-refractivity contribution in [3.05, 3.63) is 11.2 Å². The summed E-state index contributed by atoms with van der Waals surface area (Å²) in [7, 11) is 3.42. The maximum absolute atomic E-state index is 11.7. The first-order chi connectivity index (χ1) is 7.93. The summed E-state index contributed by atoms with van der Waals surface area (Å²) in [5, 5.41) is 3.93. The summed E-state index contributed by atoms with van der Waals surface area (Å²) in [6.07, 6.45) is 1.86. The molecule has 1 heterocycles. The number of anilines is 1. The van der Waals surface area contributed by atoms with Gasteiger partial charge < -0.3 is 10.2 Å². The van der Waals surface area contributed by atoms with E-state index in [2.05, 4.69) is 15.3 Å². The van der Waals surface area contributed by atoms with Gasteiger partial charge in [-0.25, -0.2) is 9.97 Å². The van der Waals surface area contributed by atoms with Crippen LogP contribution in [-0.4, -0.2) is 47.2 Å². The van der Waals surface area contributed by atoms with Gasteiger partial charge in [0.05, 0.1) is 0 Å². The molecule has 0 bridgehead atoms. The van der Waals surface area contributed by atoms with Crippen LogP contribution < -0.4 is 5.32 Å². The predicted octanol–water partition coefficient (Wildman–Crippen LogP) is 1.74. The molecule has 0 saturated heterocycles. The molecular formula is C10H15ClN4OS. The van der Waals surface area contributed by atoms with Crippen LogP contribution in [0.5, 0.6) is 0 Å². The fraction of sp³-hybridized carbons (Fsp3) is 0.500. The van der Waals surface area contributed by atoms with Crippen molar-refractivity contribution < 1.29 is 4.79 Å². The Morgan fingerprint density at radius 3 is 2.71 bits per heavy atom. The molecule has 1 amide bonds. The third-order valence-electron chi connectivity index (χ3n) is 2.03. The first-order valence-corrected chi connectivity index (χ1v) is 6.60. The van der Waals surface area contributed by atoms with Gasteiger partial charge in [-0.15, -0.1) is 0 Å². The summed E-state index contributed by atoms with van der Waals surface area (Å²) in [6, 6.07) is 1.24. The van der Waals surface area contributed by atoms with Gasteiger partial charge in [-0.1, -0.05) is 23.4 Å². The third kappa shape index (κ3) is 4.05. The van der Waals surface area contributed by atoms with Crippen LogP contribution in [0.3, 0.4) is 0 Å². The van der Waals surface area contributed by atoms with Crippen LogP contribution in [0.15, 0.2) is 11.2 Å². The van der Waals surface area contributed by atoms with Crippen molar-refractivity contribution >= 4 is 35.1 Å². The minimum absolute atomic E-state index is 0.0227. The highest BCUT2D eigenvalue weighted by Gasteiger charge is 2.15. The minimum atomic E-state index is -0.356. The lowest BCUT2D eigenvalue weighted by Gasteiger charge is -2.18. The molecule has 0 aromatic carbocycles. The van der Waals surface area contributed by atoms with E-state index in [1.807, 2.05) is 6.26 Å². The van der Waals surface area contributed by atoms with E-state index in [1.165, 1.54) is 16.7 Å². The number of carbonyl (C=O) groups is 1. The highest BCUT2D eigenvalue weighted by molar-refractivity contribution is 7.98. The summed E-state index contributed by atoms with van der Waals surface area (Å²) in [4.78, 5) is 21.4. The zero-order valence-corrected chi connectivity index (χ0v) is 11.8. The Bertz CT molecular complexity index is 413. The van der Waals surface area contributed by atoms with Gasteiger partial charge in [-0.05, 0) is 13.2 Å². The molecule has 0 spiro atoms. The van der Waals surface area contributed by atoms with Gasteiger partial charge in [0.25, 0.3) is 0 Å². The van der Waals surface area contributed by atoms with Gasteiger partial charge >= 0.3 is 0 Å². The van der Waals surface area contributed by atoms with Crippen molar-refractivity contribution in [1.82, 2.24) is 14.9 Å². The summed E-state index contributed by atoms with van der Waals surface area (Å²) >= 11 is 7.25. The molecule has 5 nitrogen and oxygen atoms in total. The van der Waals surface area contributed by atoms with Gasteiger partial charge in [-0.2, -0.15) is 0 Å². The quantitative estimate of drug-likeness (QED) is 0.515. The van der Waals surface area contributed by atoms with Crippen molar-refractivity contribution in [2.45, 2.75) is 18.1 Å². The number of likely N-dealkylation sites (N-methyl/N-ethyl adjacent to an activating group) is 1. The van der Waals surface area contributed by atoms with E-state index < -0.39 is 0 Å². The molecule has 1 aromatic heterocycles. The second-order valence-electron chi connectivity index (χ2n) is 3.66. The first kappa shape index (κ1) is 14.1. The number of hydrogen-bond donors (Lipinski definition) is 1. The number of aromatic nitrogens is 2. The lowest BCUT2D eigenvalue weighted by Crippen LogP contribution is -2.36. The number of carbonyl (C=O) groups excluding carboxylic acids is 1. The molecule has 94 valence electrons. The number of nitrogens with one attached hydrogen (secondary N) is 1. The van der Waals surface area contributed by atoms with Crippen LogP contribution in [-0.2, 0) is 4.79 Å². The number of thioether (sulfide) groups is 1. The Morgan fingerprint density at radius 1 is 1.53 bits per heavy atom. The molecule has 7 heteroatoms. The molecular weight excluding hydrogens is 260 g/mol. The highest BCUT2D eigenvalue weighted by Crippen LogP contribution is 2.17. The lowest BCUT2D eigenvalue weighted by molar-refractivity contribution is -0.129. The first-order valence-electron chi connectivity index (χ1n) is 5.00. The molecule has 0 fully saturated rings. The third-order valence-corrected chi connectivity index (χ3v) is 2.77. The molecule has 0 radical (unpaired) electrons. The van der Waals surface area contributed by atoms with Gasteiger partial charge in [0, 0.05) is 20.2 Å². The second-order valence-corrected chi connectivity index (χ2v) is 4.82. The molecule has 0 saturated carbocycles. The Morgan fingerprint density at radius 2 is 2.18 bits per heavy atom. The van der Waals surface area contributed by atoms with E-state index in [0.29, 0.717) is 16.1 Å². The SMILES string of the molecule is CSc1nc(Cl)cc(NC(C)C(=O)N(C)C)n1. The number of rotatable bonds is 4. The van der Waals surface area contributed by atoms with E-state index >= 15 is 0 Å². The molecule has 1 atom stereocenters. The fourth-order valence-electron chi connectivity index (χ4n) is 1.23. The fourth-order valence-corrected chi connectivity index (χ4v) is 1.85. The lowest BCUT2D eigenvalue weighted by atomic mass is 10.3. The Labute approximate surface area is 110 Å². The van der Waals surface area contributed by atoms with Crippen molar-refractivity contribution in [3.63, 3.8) is 0 Å². The zero-order chi connectivity index (χ0) is 13.0. The summed E-state index contributed by atoms with van der Waals surface area (Å²) < 4.78 is 0. The smallest absolute Gasteiger partial charge is 0.244 e. The molecule has 17 heavy (non-hydrogen) atoms. The van der Waals surface area contributed by atoms with Gasteiger partial charge in [0.2, 0.25) is 5.91 Å². The Hall–Kier alpha value is -1.01. The largest absolute Gasteiger partial charge is 0.358 e. The van der Waals surface area contributed by atoms with Crippen LogP contribution >= 0.6 is 23.4 Å². The molecule has 0 aliphatic carbocycles. The van der Waals surface area contributed by atoms with Crippen molar-refractivity contribution in [2.75, 3.05) is 25.7 Å². The van der Waals surface area contributed by atoms with Gasteiger partial charge in [-0.3, -0.25) is 4.79 Å². The standard InChI is InChI=1S/C10H15ClN4OS/c1-6(9(16)15(2)3)12-8-5-7(11)13-10(14-8)17-4/h5-6H,1-4H3,(H,12,13,14). The van der Waals surface area contributed by atoms with Crippen LogP contribution in [0.2, 0.25) is 5.15 Å². The molecule has 0 aliphatic heterocycles. The number of amides is 1. The van der Waals surface area contributed by atoms with E-state index in [1.54, 1.807) is 27.1 Å². The normalized spacial score (nSPS) is 12.1. The van der Waals surface area contributed by atoms with Gasteiger partial charge in [0.15, 0.2) is 5.16 Å². The number of halogens is 1. The Kier molecular flexibility index (Phi) is 5.02. The van der Waals surface area contributed by atoms with Crippen LogP contribution in [0, 0.1) is 0 Å². The van der Waals surface area contributed by atoms with Crippen molar-refractivity contribution in [1.29, 1.82) is 0 Å². The van der Waals surface area contributed by atoms with Crippen molar-refractivity contribution in [3.8, 4) is 0 Å². The topological polar surface area (TPSA) is 58.1 Å². The number of nitrogens with zero attached hydrogens (tertiary/aromatic N) is 3. The van der Waals surface area contributed by atoms with Gasteiger partial charge in [0.1, 0.15) is 17.0 Å². The molecule has 1 aromatic rings.